The minimum absolute atomic E-state index is 0.0753. The van der Waals surface area contributed by atoms with E-state index in [9.17, 15) is 14.0 Å². The Balaban J connectivity index is 1.47. The summed E-state index contributed by atoms with van der Waals surface area (Å²) in [7, 11) is 0. The van der Waals surface area contributed by atoms with Crippen LogP contribution >= 0.6 is 11.3 Å². The normalized spacial score (nSPS) is 12.2. The van der Waals surface area contributed by atoms with Crippen molar-refractivity contribution >= 4 is 49.4 Å². The van der Waals surface area contributed by atoms with Gasteiger partial charge in [0.2, 0.25) is 5.91 Å². The first kappa shape index (κ1) is 25.4. The standard InChI is InChI=1S/C29H26FN5O2S/c1-15(2)27(36)35-29-34-24-12-8-20(14-25(24)38-29)19-7-11-23-22(13-19)26(33-17(4)32-23)28(37)31-16(3)18-5-9-21(30)10-6-18/h5-16H,1-4H3,(H,31,37)(H,34,35,36)/t16-/m0/s1. The van der Waals surface area contributed by atoms with Gasteiger partial charge in [-0.15, -0.1) is 0 Å². The van der Waals surface area contributed by atoms with E-state index in [1.165, 1.54) is 23.5 Å². The third kappa shape index (κ3) is 5.24. The molecule has 38 heavy (non-hydrogen) atoms. The van der Waals surface area contributed by atoms with Crippen molar-refractivity contribution in [1.82, 2.24) is 20.3 Å². The van der Waals surface area contributed by atoms with E-state index in [-0.39, 0.29) is 35.3 Å². The van der Waals surface area contributed by atoms with E-state index in [1.54, 1.807) is 19.1 Å². The number of benzene rings is 3. The highest BCUT2D eigenvalue weighted by molar-refractivity contribution is 7.22. The molecule has 0 bridgehead atoms. The maximum atomic E-state index is 13.3. The molecule has 9 heteroatoms. The molecule has 0 saturated heterocycles. The van der Waals surface area contributed by atoms with Gasteiger partial charge >= 0.3 is 0 Å². The van der Waals surface area contributed by atoms with Crippen molar-refractivity contribution in [2.24, 2.45) is 5.92 Å². The maximum absolute atomic E-state index is 13.3. The van der Waals surface area contributed by atoms with Gasteiger partial charge in [-0.05, 0) is 66.9 Å². The zero-order valence-electron chi connectivity index (χ0n) is 21.4. The van der Waals surface area contributed by atoms with Crippen LogP contribution in [0, 0.1) is 18.7 Å². The highest BCUT2D eigenvalue weighted by Crippen LogP contribution is 2.32. The third-order valence-electron chi connectivity index (χ3n) is 6.22. The molecule has 1 atom stereocenters. The molecule has 0 spiro atoms. The van der Waals surface area contributed by atoms with E-state index in [2.05, 4.69) is 25.6 Å². The summed E-state index contributed by atoms with van der Waals surface area (Å²) < 4.78 is 14.3. The molecule has 5 aromatic rings. The number of nitrogens with zero attached hydrogens (tertiary/aromatic N) is 3. The van der Waals surface area contributed by atoms with Crippen LogP contribution in [0.5, 0.6) is 0 Å². The SMILES string of the molecule is Cc1nc(C(=O)N[C@@H](C)c2ccc(F)cc2)c2cc(-c3ccc4nc(NC(=O)C(C)C)sc4c3)ccc2n1. The highest BCUT2D eigenvalue weighted by Gasteiger charge is 2.18. The molecule has 2 heterocycles. The molecule has 0 radical (unpaired) electrons. The maximum Gasteiger partial charge on any atom is 0.271 e. The quantitative estimate of drug-likeness (QED) is 0.265. The largest absolute Gasteiger partial charge is 0.344 e. The van der Waals surface area contributed by atoms with Crippen LogP contribution in [0.15, 0.2) is 60.7 Å². The van der Waals surface area contributed by atoms with Gasteiger partial charge in [-0.25, -0.2) is 19.3 Å². The van der Waals surface area contributed by atoms with E-state index >= 15 is 0 Å². The van der Waals surface area contributed by atoms with Crippen molar-refractivity contribution in [3.8, 4) is 11.1 Å². The lowest BCUT2D eigenvalue weighted by atomic mass is 10.0. The van der Waals surface area contributed by atoms with Crippen LogP contribution in [0.1, 0.15) is 48.7 Å². The molecule has 2 N–H and O–H groups in total. The topological polar surface area (TPSA) is 96.9 Å². The van der Waals surface area contributed by atoms with E-state index in [0.29, 0.717) is 21.9 Å². The van der Waals surface area contributed by atoms with Crippen molar-refractivity contribution in [2.75, 3.05) is 5.32 Å². The predicted molar refractivity (Wildman–Crippen MR) is 149 cm³/mol. The molecular formula is C29H26FN5O2S. The van der Waals surface area contributed by atoms with Crippen molar-refractivity contribution in [3.05, 3.63) is 83.6 Å². The molecule has 2 amide bonds. The number of fused-ring (bicyclic) bond motifs is 2. The Morgan fingerprint density at radius 3 is 2.26 bits per heavy atom. The lowest BCUT2D eigenvalue weighted by Gasteiger charge is -2.15. The molecule has 5 rings (SSSR count). The van der Waals surface area contributed by atoms with Gasteiger partial charge in [-0.2, -0.15) is 0 Å². The smallest absolute Gasteiger partial charge is 0.271 e. The fourth-order valence-corrected chi connectivity index (χ4v) is 5.01. The van der Waals surface area contributed by atoms with Gasteiger partial charge in [0, 0.05) is 11.3 Å². The van der Waals surface area contributed by atoms with Crippen LogP contribution in [0.4, 0.5) is 9.52 Å². The zero-order chi connectivity index (χ0) is 27.0. The zero-order valence-corrected chi connectivity index (χ0v) is 22.2. The Kier molecular flexibility index (Phi) is 6.86. The fourth-order valence-electron chi connectivity index (χ4n) is 4.10. The van der Waals surface area contributed by atoms with E-state index in [4.69, 9.17) is 0 Å². The van der Waals surface area contributed by atoms with Crippen LogP contribution in [0.25, 0.3) is 32.2 Å². The van der Waals surface area contributed by atoms with Crippen LogP contribution in [0.3, 0.4) is 0 Å². The number of hydrogen-bond donors (Lipinski definition) is 2. The van der Waals surface area contributed by atoms with Gasteiger partial charge in [-0.3, -0.25) is 9.59 Å². The number of nitrogens with one attached hydrogen (secondary N) is 2. The summed E-state index contributed by atoms with van der Waals surface area (Å²) in [5.74, 6) is -0.380. The minimum Gasteiger partial charge on any atom is -0.344 e. The summed E-state index contributed by atoms with van der Waals surface area (Å²) in [5.41, 5.74) is 4.37. The predicted octanol–water partition coefficient (Wildman–Crippen LogP) is 6.44. The van der Waals surface area contributed by atoms with Crippen molar-refractivity contribution in [1.29, 1.82) is 0 Å². The first-order chi connectivity index (χ1) is 18.2. The number of aryl methyl sites for hydroxylation is 1. The molecular weight excluding hydrogens is 501 g/mol. The van der Waals surface area contributed by atoms with Crippen LogP contribution in [-0.4, -0.2) is 26.8 Å². The van der Waals surface area contributed by atoms with Crippen LogP contribution < -0.4 is 10.6 Å². The number of carbonyl (C=O) groups excluding carboxylic acids is 2. The van der Waals surface area contributed by atoms with Crippen molar-refractivity contribution in [3.63, 3.8) is 0 Å². The fraction of sp³-hybridized carbons (Fsp3) is 0.207. The average Bonchev–Trinajstić information content (AvgIpc) is 3.29. The van der Waals surface area contributed by atoms with Crippen LogP contribution in [0.2, 0.25) is 0 Å². The number of halogens is 1. The molecule has 0 saturated carbocycles. The molecule has 192 valence electrons. The summed E-state index contributed by atoms with van der Waals surface area (Å²) in [6, 6.07) is 17.4. The van der Waals surface area contributed by atoms with Crippen LogP contribution in [-0.2, 0) is 4.79 Å². The Labute approximate surface area is 223 Å². The van der Waals surface area contributed by atoms with E-state index < -0.39 is 0 Å². The summed E-state index contributed by atoms with van der Waals surface area (Å²) in [4.78, 5) is 38.9. The Morgan fingerprint density at radius 2 is 1.55 bits per heavy atom. The average molecular weight is 528 g/mol. The lowest BCUT2D eigenvalue weighted by Crippen LogP contribution is -2.28. The molecule has 0 aliphatic heterocycles. The molecule has 0 fully saturated rings. The van der Waals surface area contributed by atoms with E-state index in [1.807, 2.05) is 57.2 Å². The second-order valence-electron chi connectivity index (χ2n) is 9.44. The number of anilines is 1. The number of hydrogen-bond acceptors (Lipinski definition) is 6. The lowest BCUT2D eigenvalue weighted by molar-refractivity contribution is -0.118. The van der Waals surface area contributed by atoms with Gasteiger partial charge in [0.1, 0.15) is 17.3 Å². The molecule has 3 aromatic carbocycles. The number of rotatable bonds is 6. The summed E-state index contributed by atoms with van der Waals surface area (Å²) in [6.07, 6.45) is 0. The monoisotopic (exact) mass is 527 g/mol. The van der Waals surface area contributed by atoms with Gasteiger partial charge in [0.05, 0.1) is 21.8 Å². The summed E-state index contributed by atoms with van der Waals surface area (Å²) in [5, 5.41) is 7.02. The number of thiazole rings is 1. The van der Waals surface area contributed by atoms with E-state index in [0.717, 1.165) is 26.9 Å². The van der Waals surface area contributed by atoms with Crippen molar-refractivity contribution < 1.29 is 14.0 Å². The molecule has 0 aliphatic carbocycles. The first-order valence-corrected chi connectivity index (χ1v) is 13.1. The van der Waals surface area contributed by atoms with Gasteiger partial charge in [-0.1, -0.05) is 49.4 Å². The summed E-state index contributed by atoms with van der Waals surface area (Å²) >= 11 is 1.42. The van der Waals surface area contributed by atoms with Gasteiger partial charge in [0.15, 0.2) is 5.13 Å². The van der Waals surface area contributed by atoms with Gasteiger partial charge < -0.3 is 10.6 Å². The second kappa shape index (κ2) is 10.3. The Morgan fingerprint density at radius 1 is 0.868 bits per heavy atom. The molecule has 0 unspecified atom stereocenters. The molecule has 0 aliphatic rings. The molecule has 7 nitrogen and oxygen atoms in total. The van der Waals surface area contributed by atoms with Crippen molar-refractivity contribution in [2.45, 2.75) is 33.7 Å². The van der Waals surface area contributed by atoms with Gasteiger partial charge in [0.25, 0.3) is 5.91 Å². The molecule has 2 aromatic heterocycles. The first-order valence-electron chi connectivity index (χ1n) is 12.2. The second-order valence-corrected chi connectivity index (χ2v) is 10.5. The number of carbonyl (C=O) groups is 2. The number of aromatic nitrogens is 3. The third-order valence-corrected chi connectivity index (χ3v) is 7.15. The summed E-state index contributed by atoms with van der Waals surface area (Å²) in [6.45, 7) is 7.27. The Hall–Kier alpha value is -4.24. The highest BCUT2D eigenvalue weighted by atomic mass is 32.1. The number of amides is 2. The Bertz CT molecular complexity index is 1680. The minimum atomic E-state index is -0.337.